The first-order valence-electron chi connectivity index (χ1n) is 14.4. The van der Waals surface area contributed by atoms with E-state index in [1.54, 1.807) is 0 Å². The molecule has 0 aromatic heterocycles. The van der Waals surface area contributed by atoms with E-state index in [4.69, 9.17) is 18.9 Å². The second kappa shape index (κ2) is 16.3. The predicted molar refractivity (Wildman–Crippen MR) is 153 cm³/mol. The highest BCUT2D eigenvalue weighted by atomic mass is 19.1. The van der Waals surface area contributed by atoms with Gasteiger partial charge >= 0.3 is 5.97 Å². The fourth-order valence-electron chi connectivity index (χ4n) is 4.69. The number of rotatable bonds is 18. The highest BCUT2D eigenvalue weighted by Crippen LogP contribution is 2.32. The number of esters is 1. The first-order valence-corrected chi connectivity index (χ1v) is 14.4. The van der Waals surface area contributed by atoms with Gasteiger partial charge in [-0.3, -0.25) is 4.79 Å². The van der Waals surface area contributed by atoms with E-state index in [1.165, 1.54) is 25.0 Å². The Morgan fingerprint density at radius 3 is 2.12 bits per heavy atom. The van der Waals surface area contributed by atoms with E-state index >= 15 is 0 Å². The van der Waals surface area contributed by atoms with Crippen molar-refractivity contribution in [1.82, 2.24) is 0 Å². The van der Waals surface area contributed by atoms with Crippen LogP contribution in [0.2, 0.25) is 0 Å². The number of hydrogen-bond donors (Lipinski definition) is 0. The van der Waals surface area contributed by atoms with E-state index < -0.39 is 0 Å². The quantitative estimate of drug-likeness (QED) is 0.128. The molecule has 0 N–H and O–H groups in total. The zero-order chi connectivity index (χ0) is 28.0. The van der Waals surface area contributed by atoms with Gasteiger partial charge in [-0.1, -0.05) is 72.8 Å². The molecule has 5 nitrogen and oxygen atoms in total. The number of benzene rings is 3. The summed E-state index contributed by atoms with van der Waals surface area (Å²) in [6, 6.07) is 26.4. The smallest absolute Gasteiger partial charge is 0.308 e. The molecular weight excluding hydrogens is 507 g/mol. The van der Waals surface area contributed by atoms with E-state index in [2.05, 4.69) is 19.1 Å². The molecule has 0 aliphatic heterocycles. The van der Waals surface area contributed by atoms with Crippen LogP contribution in [0.1, 0.15) is 49.3 Å². The maximum absolute atomic E-state index is 13.6. The van der Waals surface area contributed by atoms with Crippen LogP contribution in [0.25, 0.3) is 0 Å². The van der Waals surface area contributed by atoms with Gasteiger partial charge in [0.1, 0.15) is 12.4 Å². The summed E-state index contributed by atoms with van der Waals surface area (Å²) in [5, 5.41) is 0. The second-order valence-corrected chi connectivity index (χ2v) is 10.6. The van der Waals surface area contributed by atoms with Crippen molar-refractivity contribution >= 4 is 5.97 Å². The van der Waals surface area contributed by atoms with E-state index in [0.717, 1.165) is 36.1 Å². The zero-order valence-electron chi connectivity index (χ0n) is 23.4. The standard InChI is InChI=1S/C34H41FO5/c1-26(38-23-28-8-4-2-5-9-28)34(40-25-30-12-13-30)31(22-27-14-16-32(35)17-15-27)18-20-37-21-19-33(36)39-24-29-10-6-3-7-11-29/h2-11,14-17,26,30-31,34H,12-13,18-25H2,1H3/t26?,31?,34-/m0/s1. The minimum absolute atomic E-state index is 0.0972. The number of carbonyl (C=O) groups excluding carboxylic acids is 1. The lowest BCUT2D eigenvalue weighted by Gasteiger charge is -2.32. The topological polar surface area (TPSA) is 54.0 Å². The van der Waals surface area contributed by atoms with Gasteiger partial charge in [-0.25, -0.2) is 4.39 Å². The molecular formula is C34H41FO5. The maximum Gasteiger partial charge on any atom is 0.308 e. The highest BCUT2D eigenvalue weighted by molar-refractivity contribution is 5.69. The maximum atomic E-state index is 13.6. The Bertz CT molecular complexity index is 1120. The third kappa shape index (κ3) is 10.8. The predicted octanol–water partition coefficient (Wildman–Crippen LogP) is 6.93. The highest BCUT2D eigenvalue weighted by Gasteiger charge is 2.31. The van der Waals surface area contributed by atoms with Crippen LogP contribution in [-0.4, -0.2) is 38.0 Å². The summed E-state index contributed by atoms with van der Waals surface area (Å²) in [7, 11) is 0. The summed E-state index contributed by atoms with van der Waals surface area (Å²) in [5.74, 6) is 0.192. The van der Waals surface area contributed by atoms with Crippen LogP contribution in [-0.2, 0) is 43.4 Å². The lowest BCUT2D eigenvalue weighted by atomic mass is 9.88. The van der Waals surface area contributed by atoms with E-state index in [9.17, 15) is 9.18 Å². The molecule has 1 saturated carbocycles. The molecule has 0 saturated heterocycles. The molecule has 6 heteroatoms. The van der Waals surface area contributed by atoms with Gasteiger partial charge in [-0.2, -0.15) is 0 Å². The largest absolute Gasteiger partial charge is 0.461 e. The van der Waals surface area contributed by atoms with Crippen molar-refractivity contribution in [2.45, 2.75) is 64.4 Å². The molecule has 1 aliphatic carbocycles. The third-order valence-electron chi connectivity index (χ3n) is 7.24. The van der Waals surface area contributed by atoms with Crippen LogP contribution in [0.4, 0.5) is 4.39 Å². The van der Waals surface area contributed by atoms with Gasteiger partial charge < -0.3 is 18.9 Å². The summed E-state index contributed by atoms with van der Waals surface area (Å²) in [6.45, 7) is 4.34. The fourth-order valence-corrected chi connectivity index (χ4v) is 4.69. The lowest BCUT2D eigenvalue weighted by Crippen LogP contribution is -2.38. The molecule has 4 rings (SSSR count). The molecule has 0 spiro atoms. The number of halogens is 1. The molecule has 3 aromatic carbocycles. The Morgan fingerprint density at radius 1 is 0.825 bits per heavy atom. The molecule has 2 unspecified atom stereocenters. The minimum Gasteiger partial charge on any atom is -0.461 e. The Kier molecular flexibility index (Phi) is 12.2. The van der Waals surface area contributed by atoms with Gasteiger partial charge in [-0.05, 0) is 73.3 Å². The van der Waals surface area contributed by atoms with Crippen molar-refractivity contribution in [2.24, 2.45) is 11.8 Å². The molecule has 40 heavy (non-hydrogen) atoms. The average molecular weight is 549 g/mol. The van der Waals surface area contributed by atoms with Gasteiger partial charge in [-0.15, -0.1) is 0 Å². The van der Waals surface area contributed by atoms with Crippen LogP contribution in [0, 0.1) is 17.7 Å². The molecule has 0 heterocycles. The van der Waals surface area contributed by atoms with Gasteiger partial charge in [0.05, 0.1) is 31.8 Å². The molecule has 0 bridgehead atoms. The molecule has 3 atom stereocenters. The van der Waals surface area contributed by atoms with Crippen molar-refractivity contribution in [2.75, 3.05) is 19.8 Å². The summed E-state index contributed by atoms with van der Waals surface area (Å²) >= 11 is 0. The van der Waals surface area contributed by atoms with Crippen molar-refractivity contribution in [3.8, 4) is 0 Å². The first-order chi connectivity index (χ1) is 19.6. The lowest BCUT2D eigenvalue weighted by molar-refractivity contribution is -0.146. The molecule has 1 aliphatic rings. The van der Waals surface area contributed by atoms with Crippen LogP contribution in [0.3, 0.4) is 0 Å². The van der Waals surface area contributed by atoms with Gasteiger partial charge in [0.2, 0.25) is 0 Å². The minimum atomic E-state index is -0.278. The number of carbonyl (C=O) groups is 1. The molecule has 3 aromatic rings. The monoisotopic (exact) mass is 548 g/mol. The van der Waals surface area contributed by atoms with Crippen LogP contribution in [0.5, 0.6) is 0 Å². The Balaban J connectivity index is 1.32. The van der Waals surface area contributed by atoms with Crippen molar-refractivity contribution in [3.63, 3.8) is 0 Å². The Hall–Kier alpha value is -3.06. The van der Waals surface area contributed by atoms with Crippen molar-refractivity contribution < 1.29 is 28.1 Å². The van der Waals surface area contributed by atoms with Crippen molar-refractivity contribution in [3.05, 3.63) is 107 Å². The number of ether oxygens (including phenoxy) is 4. The summed E-state index contributed by atoms with van der Waals surface area (Å²) < 4.78 is 37.7. The van der Waals surface area contributed by atoms with Gasteiger partial charge in [0.25, 0.3) is 0 Å². The third-order valence-corrected chi connectivity index (χ3v) is 7.24. The zero-order valence-corrected chi connectivity index (χ0v) is 23.4. The normalized spacial score (nSPS) is 15.3. The Labute approximate surface area is 237 Å². The van der Waals surface area contributed by atoms with Gasteiger partial charge in [0, 0.05) is 13.2 Å². The average Bonchev–Trinajstić information content (AvgIpc) is 3.81. The van der Waals surface area contributed by atoms with E-state index in [0.29, 0.717) is 25.7 Å². The second-order valence-electron chi connectivity index (χ2n) is 10.6. The SMILES string of the molecule is CC(OCc1ccccc1)[C@H](OCC1CC1)C(CCOCCC(=O)OCc1ccccc1)Cc1ccc(F)cc1. The Morgan fingerprint density at radius 2 is 1.48 bits per heavy atom. The molecule has 0 amide bonds. The summed E-state index contributed by atoms with van der Waals surface area (Å²) in [4.78, 5) is 12.2. The van der Waals surface area contributed by atoms with E-state index in [-0.39, 0.29) is 42.9 Å². The molecule has 214 valence electrons. The van der Waals surface area contributed by atoms with Crippen LogP contribution in [0.15, 0.2) is 84.9 Å². The molecule has 0 radical (unpaired) electrons. The van der Waals surface area contributed by atoms with Gasteiger partial charge in [0.15, 0.2) is 0 Å². The number of hydrogen-bond acceptors (Lipinski definition) is 5. The van der Waals surface area contributed by atoms with E-state index in [1.807, 2.05) is 60.7 Å². The van der Waals surface area contributed by atoms with Crippen LogP contribution >= 0.6 is 0 Å². The summed E-state index contributed by atoms with van der Waals surface area (Å²) in [5.41, 5.74) is 3.13. The first kappa shape index (κ1) is 29.9. The molecule has 1 fully saturated rings. The fraction of sp³-hybridized carbons (Fsp3) is 0.441. The van der Waals surface area contributed by atoms with Crippen molar-refractivity contribution in [1.29, 1.82) is 0 Å². The summed E-state index contributed by atoms with van der Waals surface area (Å²) in [6.07, 6.45) is 3.78. The van der Waals surface area contributed by atoms with Crippen LogP contribution < -0.4 is 0 Å².